The van der Waals surface area contributed by atoms with E-state index in [9.17, 15) is 0 Å². The first-order valence-electron chi connectivity index (χ1n) is 9.53. The maximum Gasteiger partial charge on any atom is 0.151 e. The lowest BCUT2D eigenvalue weighted by Gasteiger charge is -1.99. The smallest absolute Gasteiger partial charge is 0.151 e. The fraction of sp³-hybridized carbons (Fsp3) is 1.00. The molecule has 0 aliphatic heterocycles. The zero-order valence-electron chi connectivity index (χ0n) is 17.0. The average Bonchev–Trinajstić information content (AvgIpc) is 2.54. The lowest BCUT2D eigenvalue weighted by atomic mass is 10.2. The van der Waals surface area contributed by atoms with Gasteiger partial charge in [-0.25, -0.2) is 0 Å². The molecule has 26 heavy (non-hydrogen) atoms. The van der Waals surface area contributed by atoms with Gasteiger partial charge in [0, 0.05) is 0 Å². The van der Waals surface area contributed by atoms with Crippen LogP contribution in [0.1, 0.15) is 91.9 Å². The topological polar surface area (TPSA) is 162 Å². The first kappa shape index (κ1) is 33.3. The molecule has 0 aromatic heterocycles. The van der Waals surface area contributed by atoms with Gasteiger partial charge in [-0.15, -0.1) is 0 Å². The second-order valence-corrected chi connectivity index (χ2v) is 5.76. The number of rotatable bonds is 10. The Bertz CT molecular complexity index is 211. The summed E-state index contributed by atoms with van der Waals surface area (Å²) in [4.78, 5) is 0. The Kier molecular flexibility index (Phi) is 37.7. The molecule has 0 atom stereocenters. The Morgan fingerprint density at radius 1 is 0.423 bits per heavy atom. The van der Waals surface area contributed by atoms with Crippen molar-refractivity contribution in [2.24, 2.45) is 0 Å². The summed E-state index contributed by atoms with van der Waals surface area (Å²) in [6.07, 6.45) is 3.43. The molecule has 0 fully saturated rings. The average molecular weight is 389 g/mol. The van der Waals surface area contributed by atoms with Gasteiger partial charge in [0.2, 0.25) is 0 Å². The van der Waals surface area contributed by atoms with Gasteiger partial charge in [0.15, 0.2) is 25.2 Å². The van der Waals surface area contributed by atoms with E-state index in [2.05, 4.69) is 6.92 Å². The molecule has 0 heterocycles. The lowest BCUT2D eigenvalue weighted by Crippen LogP contribution is -2.02. The highest BCUT2D eigenvalue weighted by molar-refractivity contribution is 4.40. The number of aliphatic hydroxyl groups is 8. The predicted octanol–water partition coefficient (Wildman–Crippen LogP) is 1.17. The van der Waals surface area contributed by atoms with Gasteiger partial charge in [-0.2, -0.15) is 0 Å². The third-order valence-electron chi connectivity index (χ3n) is 2.79. The molecule has 0 spiro atoms. The van der Waals surface area contributed by atoms with Gasteiger partial charge in [0.1, 0.15) is 0 Å². The van der Waals surface area contributed by atoms with E-state index in [0.29, 0.717) is 25.7 Å². The van der Waals surface area contributed by atoms with E-state index in [1.165, 1.54) is 0 Å². The monoisotopic (exact) mass is 388 g/mol. The Balaban J connectivity index is -0.000000126. The summed E-state index contributed by atoms with van der Waals surface area (Å²) in [7, 11) is 0. The fourth-order valence-electron chi connectivity index (χ4n) is 1.22. The summed E-state index contributed by atoms with van der Waals surface area (Å²) < 4.78 is 0. The van der Waals surface area contributed by atoms with Crippen molar-refractivity contribution in [3.63, 3.8) is 0 Å². The number of unbranched alkanes of at least 4 members (excludes halogenated alkanes) is 3. The zero-order chi connectivity index (χ0) is 21.4. The van der Waals surface area contributed by atoms with Crippen molar-refractivity contribution >= 4 is 0 Å². The van der Waals surface area contributed by atoms with Gasteiger partial charge in [-0.1, -0.05) is 53.4 Å². The van der Waals surface area contributed by atoms with Crippen LogP contribution in [0, 0.1) is 0 Å². The van der Waals surface area contributed by atoms with E-state index >= 15 is 0 Å². The van der Waals surface area contributed by atoms with Crippen LogP contribution in [-0.2, 0) is 0 Å². The SMILES string of the molecule is CCC(O)O.CCCC(O)O.CCCCC(O)O.CCCCCC(O)O. The molecule has 0 rings (SSSR count). The molecule has 0 radical (unpaired) electrons. The molecule has 0 saturated carbocycles. The van der Waals surface area contributed by atoms with Crippen LogP contribution in [0.25, 0.3) is 0 Å². The van der Waals surface area contributed by atoms with Crippen molar-refractivity contribution in [2.45, 2.75) is 117 Å². The van der Waals surface area contributed by atoms with Crippen LogP contribution in [0.5, 0.6) is 0 Å². The van der Waals surface area contributed by atoms with Crippen LogP contribution in [0.3, 0.4) is 0 Å². The van der Waals surface area contributed by atoms with Crippen LogP contribution in [0.15, 0.2) is 0 Å². The van der Waals surface area contributed by atoms with Gasteiger partial charge >= 0.3 is 0 Å². The largest absolute Gasteiger partial charge is 0.368 e. The highest BCUT2D eigenvalue weighted by Gasteiger charge is 1.94. The first-order valence-corrected chi connectivity index (χ1v) is 9.53. The Labute approximate surface area is 158 Å². The molecule has 164 valence electrons. The Morgan fingerprint density at radius 2 is 0.769 bits per heavy atom. The van der Waals surface area contributed by atoms with E-state index in [1.807, 2.05) is 13.8 Å². The van der Waals surface area contributed by atoms with Gasteiger partial charge in [0.25, 0.3) is 0 Å². The van der Waals surface area contributed by atoms with Gasteiger partial charge in [-0.05, 0) is 38.5 Å². The van der Waals surface area contributed by atoms with Crippen molar-refractivity contribution in [2.75, 3.05) is 0 Å². The molecule has 0 bridgehead atoms. The van der Waals surface area contributed by atoms with Crippen LogP contribution >= 0.6 is 0 Å². The molecule has 0 aliphatic carbocycles. The molecule has 8 nitrogen and oxygen atoms in total. The third kappa shape index (κ3) is 65.1. The van der Waals surface area contributed by atoms with E-state index in [0.717, 1.165) is 38.5 Å². The lowest BCUT2D eigenvalue weighted by molar-refractivity contribution is -0.0471. The molecule has 0 aromatic rings. The number of aliphatic hydroxyl groups excluding tert-OH is 4. The molecular weight excluding hydrogens is 344 g/mol. The van der Waals surface area contributed by atoms with E-state index in [-0.39, 0.29) is 0 Å². The second-order valence-electron chi connectivity index (χ2n) is 5.76. The standard InChI is InChI=1S/C6H14O2.C5H12O2.C4H10O2.C3H8O2/c1-2-3-4-5-6(7)8;1-2-3-4-5(6)7;1-2-3-4(5)6;1-2-3(4)5/h6-8H,2-5H2,1H3;5-7H,2-4H2,1H3;4-6H,2-3H2,1H3;3-5H,2H2,1H3. The molecule has 0 unspecified atom stereocenters. The summed E-state index contributed by atoms with van der Waals surface area (Å²) in [6, 6.07) is 0. The minimum Gasteiger partial charge on any atom is -0.368 e. The first-order chi connectivity index (χ1) is 12.1. The van der Waals surface area contributed by atoms with Crippen LogP contribution in [0.4, 0.5) is 0 Å². The summed E-state index contributed by atoms with van der Waals surface area (Å²) in [6.45, 7) is 7.70. The summed E-state index contributed by atoms with van der Waals surface area (Å²) in [5.41, 5.74) is 0. The quantitative estimate of drug-likeness (QED) is 0.204. The molecule has 0 saturated heterocycles. The van der Waals surface area contributed by atoms with Crippen molar-refractivity contribution in [1.82, 2.24) is 0 Å². The molecular formula is C18H44O8. The summed E-state index contributed by atoms with van der Waals surface area (Å²) in [5.74, 6) is 0. The van der Waals surface area contributed by atoms with Crippen molar-refractivity contribution < 1.29 is 40.9 Å². The number of hydrogen-bond acceptors (Lipinski definition) is 8. The van der Waals surface area contributed by atoms with Crippen molar-refractivity contribution in [3.05, 3.63) is 0 Å². The molecule has 0 aromatic carbocycles. The van der Waals surface area contributed by atoms with Crippen LogP contribution in [-0.4, -0.2) is 66.0 Å². The van der Waals surface area contributed by atoms with Gasteiger partial charge in [0.05, 0.1) is 0 Å². The minimum absolute atomic E-state index is 0.417. The third-order valence-corrected chi connectivity index (χ3v) is 2.79. The molecule has 0 aliphatic rings. The normalized spacial score (nSPS) is 10.2. The maximum atomic E-state index is 8.33. The highest BCUT2D eigenvalue weighted by atomic mass is 16.5. The molecule has 0 amide bonds. The second kappa shape index (κ2) is 29.4. The maximum absolute atomic E-state index is 8.33. The molecule has 8 heteroatoms. The van der Waals surface area contributed by atoms with Crippen LogP contribution in [0.2, 0.25) is 0 Å². The van der Waals surface area contributed by atoms with Crippen molar-refractivity contribution in [1.29, 1.82) is 0 Å². The number of hydrogen-bond donors (Lipinski definition) is 8. The van der Waals surface area contributed by atoms with Crippen molar-refractivity contribution in [3.8, 4) is 0 Å². The minimum atomic E-state index is -1.12. The predicted molar refractivity (Wildman–Crippen MR) is 102 cm³/mol. The zero-order valence-corrected chi connectivity index (χ0v) is 17.0. The van der Waals surface area contributed by atoms with Gasteiger partial charge < -0.3 is 40.9 Å². The summed E-state index contributed by atoms with van der Waals surface area (Å²) >= 11 is 0. The van der Waals surface area contributed by atoms with E-state index in [4.69, 9.17) is 40.9 Å². The highest BCUT2D eigenvalue weighted by Crippen LogP contribution is 2.00. The Hall–Kier alpha value is -0.320. The van der Waals surface area contributed by atoms with Gasteiger partial charge in [-0.3, -0.25) is 0 Å². The van der Waals surface area contributed by atoms with Crippen LogP contribution < -0.4 is 0 Å². The van der Waals surface area contributed by atoms with E-state index < -0.39 is 25.2 Å². The summed E-state index contributed by atoms with van der Waals surface area (Å²) in [5, 5.41) is 65.2. The Morgan fingerprint density at radius 3 is 0.923 bits per heavy atom. The van der Waals surface area contributed by atoms with E-state index in [1.54, 1.807) is 6.92 Å². The fourth-order valence-corrected chi connectivity index (χ4v) is 1.22. The molecule has 8 N–H and O–H groups in total.